The molecule has 0 bridgehead atoms. The standard InChI is InChI=1S/C16H27N3O3/c1-16(2,3)22-15(20)18-10-12-6-4-5-7-14(12)17-11-13-8-9-21-19-13/h8-9,12,14,17H,4-7,10-11H2,1-3H3,(H,18,20). The van der Waals surface area contributed by atoms with Crippen LogP contribution in [0.5, 0.6) is 0 Å². The van der Waals surface area contributed by atoms with Crippen molar-refractivity contribution < 1.29 is 14.1 Å². The average molecular weight is 309 g/mol. The molecular weight excluding hydrogens is 282 g/mol. The smallest absolute Gasteiger partial charge is 0.407 e. The Morgan fingerprint density at radius 3 is 2.86 bits per heavy atom. The van der Waals surface area contributed by atoms with Crippen LogP contribution >= 0.6 is 0 Å². The highest BCUT2D eigenvalue weighted by Crippen LogP contribution is 2.24. The molecule has 2 rings (SSSR count). The Bertz CT molecular complexity index is 454. The van der Waals surface area contributed by atoms with E-state index in [4.69, 9.17) is 9.26 Å². The Kier molecular flexibility index (Phi) is 5.83. The second-order valence-electron chi connectivity index (χ2n) is 6.91. The number of ether oxygens (including phenoxy) is 1. The maximum absolute atomic E-state index is 11.8. The first kappa shape index (κ1) is 16.8. The van der Waals surface area contributed by atoms with Gasteiger partial charge in [0.25, 0.3) is 0 Å². The highest BCUT2D eigenvalue weighted by atomic mass is 16.6. The molecule has 1 aliphatic carbocycles. The number of nitrogens with zero attached hydrogens (tertiary/aromatic N) is 1. The second-order valence-corrected chi connectivity index (χ2v) is 6.91. The lowest BCUT2D eigenvalue weighted by atomic mass is 9.84. The molecule has 1 heterocycles. The van der Waals surface area contributed by atoms with Gasteiger partial charge >= 0.3 is 6.09 Å². The molecule has 1 amide bonds. The molecule has 0 saturated heterocycles. The molecular formula is C16H27N3O3. The third-order valence-corrected chi connectivity index (χ3v) is 3.85. The summed E-state index contributed by atoms with van der Waals surface area (Å²) in [5.41, 5.74) is 0.450. The molecule has 6 heteroatoms. The number of hydrogen-bond donors (Lipinski definition) is 2. The van der Waals surface area contributed by atoms with Gasteiger partial charge in [-0.2, -0.15) is 0 Å². The quantitative estimate of drug-likeness (QED) is 0.874. The van der Waals surface area contributed by atoms with Gasteiger partial charge in [-0.15, -0.1) is 0 Å². The van der Waals surface area contributed by atoms with Crippen molar-refractivity contribution in [3.8, 4) is 0 Å². The van der Waals surface area contributed by atoms with Crippen LogP contribution in [0.3, 0.4) is 0 Å². The highest BCUT2D eigenvalue weighted by Gasteiger charge is 2.26. The predicted molar refractivity (Wildman–Crippen MR) is 83.3 cm³/mol. The number of aromatic nitrogens is 1. The topological polar surface area (TPSA) is 76.4 Å². The summed E-state index contributed by atoms with van der Waals surface area (Å²) in [6, 6.07) is 2.25. The van der Waals surface area contributed by atoms with Gasteiger partial charge in [0.2, 0.25) is 0 Å². The molecule has 1 saturated carbocycles. The van der Waals surface area contributed by atoms with Crippen LogP contribution in [0.25, 0.3) is 0 Å². The molecule has 22 heavy (non-hydrogen) atoms. The maximum Gasteiger partial charge on any atom is 0.407 e. The van der Waals surface area contributed by atoms with Gasteiger partial charge in [0.15, 0.2) is 0 Å². The summed E-state index contributed by atoms with van der Waals surface area (Å²) < 4.78 is 10.1. The first-order valence-corrected chi connectivity index (χ1v) is 8.03. The van der Waals surface area contributed by atoms with Crippen molar-refractivity contribution in [1.82, 2.24) is 15.8 Å². The van der Waals surface area contributed by atoms with Gasteiger partial charge in [-0.3, -0.25) is 0 Å². The Labute approximate surface area is 132 Å². The lowest BCUT2D eigenvalue weighted by Gasteiger charge is -2.32. The minimum atomic E-state index is -0.457. The van der Waals surface area contributed by atoms with Crippen LogP contribution in [0.15, 0.2) is 16.9 Å². The fraction of sp³-hybridized carbons (Fsp3) is 0.750. The number of nitrogens with one attached hydrogen (secondary N) is 2. The van der Waals surface area contributed by atoms with E-state index in [0.29, 0.717) is 25.0 Å². The van der Waals surface area contributed by atoms with Crippen molar-refractivity contribution >= 4 is 6.09 Å². The zero-order valence-corrected chi connectivity index (χ0v) is 13.7. The summed E-state index contributed by atoms with van der Waals surface area (Å²) in [5.74, 6) is 0.424. The number of carbonyl (C=O) groups is 1. The number of alkyl carbamates (subject to hydrolysis) is 1. The number of hydrogen-bond acceptors (Lipinski definition) is 5. The monoisotopic (exact) mass is 309 g/mol. The van der Waals surface area contributed by atoms with Crippen molar-refractivity contribution in [1.29, 1.82) is 0 Å². The number of carbonyl (C=O) groups excluding carboxylic acids is 1. The zero-order chi connectivity index (χ0) is 16.0. The van der Waals surface area contributed by atoms with Gasteiger partial charge in [0, 0.05) is 25.2 Å². The van der Waals surface area contributed by atoms with Gasteiger partial charge in [0.1, 0.15) is 11.9 Å². The molecule has 1 aliphatic rings. The molecule has 2 N–H and O–H groups in total. The van der Waals surface area contributed by atoms with E-state index in [1.807, 2.05) is 26.8 Å². The summed E-state index contributed by atoms with van der Waals surface area (Å²) in [6.45, 7) is 6.95. The minimum absolute atomic E-state index is 0.340. The van der Waals surface area contributed by atoms with Crippen LogP contribution in [0.1, 0.15) is 52.1 Å². The lowest BCUT2D eigenvalue weighted by Crippen LogP contribution is -2.44. The molecule has 0 aliphatic heterocycles. The largest absolute Gasteiger partial charge is 0.444 e. The van der Waals surface area contributed by atoms with Crippen LogP contribution in [-0.4, -0.2) is 29.4 Å². The Morgan fingerprint density at radius 1 is 1.41 bits per heavy atom. The summed E-state index contributed by atoms with van der Waals surface area (Å²) >= 11 is 0. The van der Waals surface area contributed by atoms with E-state index in [9.17, 15) is 4.79 Å². The molecule has 0 spiro atoms. The van der Waals surface area contributed by atoms with Crippen molar-refractivity contribution in [2.45, 2.75) is 64.6 Å². The number of amides is 1. The van der Waals surface area contributed by atoms with E-state index >= 15 is 0 Å². The summed E-state index contributed by atoms with van der Waals surface area (Å²) in [6.07, 6.45) is 5.92. The van der Waals surface area contributed by atoms with Gasteiger partial charge in [-0.25, -0.2) is 4.79 Å². The van der Waals surface area contributed by atoms with E-state index < -0.39 is 5.60 Å². The number of rotatable bonds is 5. The predicted octanol–water partition coefficient (Wildman–Crippen LogP) is 2.85. The lowest BCUT2D eigenvalue weighted by molar-refractivity contribution is 0.0510. The van der Waals surface area contributed by atoms with E-state index in [1.54, 1.807) is 6.26 Å². The van der Waals surface area contributed by atoms with Crippen LogP contribution in [0, 0.1) is 5.92 Å². The van der Waals surface area contributed by atoms with E-state index in [0.717, 1.165) is 18.5 Å². The van der Waals surface area contributed by atoms with Crippen molar-refractivity contribution in [2.75, 3.05) is 6.54 Å². The Morgan fingerprint density at radius 2 is 2.18 bits per heavy atom. The summed E-state index contributed by atoms with van der Waals surface area (Å²) in [4.78, 5) is 11.8. The SMILES string of the molecule is CC(C)(C)OC(=O)NCC1CCCCC1NCc1ccon1. The van der Waals surface area contributed by atoms with Crippen molar-refractivity contribution in [2.24, 2.45) is 5.92 Å². The van der Waals surface area contributed by atoms with Crippen LogP contribution in [-0.2, 0) is 11.3 Å². The van der Waals surface area contributed by atoms with Crippen molar-refractivity contribution in [3.05, 3.63) is 18.0 Å². The third kappa shape index (κ3) is 5.67. The maximum atomic E-state index is 11.8. The minimum Gasteiger partial charge on any atom is -0.444 e. The Balaban J connectivity index is 1.78. The average Bonchev–Trinajstić information content (AvgIpc) is 2.95. The molecule has 0 aromatic carbocycles. The van der Waals surface area contributed by atoms with E-state index in [1.165, 1.54) is 12.8 Å². The molecule has 1 aromatic heterocycles. The normalized spacial score (nSPS) is 22.3. The van der Waals surface area contributed by atoms with E-state index in [2.05, 4.69) is 15.8 Å². The van der Waals surface area contributed by atoms with Crippen LogP contribution in [0.4, 0.5) is 4.79 Å². The van der Waals surface area contributed by atoms with Crippen LogP contribution in [0.2, 0.25) is 0 Å². The fourth-order valence-electron chi connectivity index (χ4n) is 2.81. The molecule has 2 unspecified atom stereocenters. The Hall–Kier alpha value is -1.56. The first-order chi connectivity index (χ1) is 10.4. The molecule has 1 aromatic rings. The van der Waals surface area contributed by atoms with E-state index in [-0.39, 0.29) is 6.09 Å². The first-order valence-electron chi connectivity index (χ1n) is 8.03. The molecule has 124 valence electrons. The third-order valence-electron chi connectivity index (χ3n) is 3.85. The molecule has 1 fully saturated rings. The summed E-state index contributed by atoms with van der Waals surface area (Å²) in [7, 11) is 0. The van der Waals surface area contributed by atoms with Gasteiger partial charge in [-0.05, 0) is 39.5 Å². The van der Waals surface area contributed by atoms with Crippen molar-refractivity contribution in [3.63, 3.8) is 0 Å². The molecule has 6 nitrogen and oxygen atoms in total. The van der Waals surface area contributed by atoms with Gasteiger partial charge < -0.3 is 19.9 Å². The molecule has 2 atom stereocenters. The second kappa shape index (κ2) is 7.63. The van der Waals surface area contributed by atoms with Gasteiger partial charge in [0.05, 0.1) is 5.69 Å². The highest BCUT2D eigenvalue weighted by molar-refractivity contribution is 5.67. The fourth-order valence-corrected chi connectivity index (χ4v) is 2.81. The zero-order valence-electron chi connectivity index (χ0n) is 13.7. The molecule has 0 radical (unpaired) electrons. The van der Waals surface area contributed by atoms with Crippen LogP contribution < -0.4 is 10.6 Å². The van der Waals surface area contributed by atoms with Gasteiger partial charge in [-0.1, -0.05) is 18.0 Å². The summed E-state index contributed by atoms with van der Waals surface area (Å²) in [5, 5.41) is 10.3.